The molecule has 0 radical (unpaired) electrons. The number of anilines is 1. The largest absolute Gasteiger partial charge is 0.468 e. The molecule has 0 saturated heterocycles. The molecule has 1 aromatic heterocycles. The third-order valence-corrected chi connectivity index (χ3v) is 7.72. The van der Waals surface area contributed by atoms with E-state index in [0.29, 0.717) is 37.1 Å². The molecule has 0 aliphatic carbocycles. The molecular formula is C32H33F2N5O3. The summed E-state index contributed by atoms with van der Waals surface area (Å²) in [4.78, 5) is 26.4. The van der Waals surface area contributed by atoms with Gasteiger partial charge < -0.3 is 15.8 Å². The predicted molar refractivity (Wildman–Crippen MR) is 156 cm³/mol. The topological polar surface area (TPSA) is 102 Å². The number of rotatable bonds is 8. The number of hydrogen-bond donors (Lipinski definition) is 2. The van der Waals surface area contributed by atoms with Crippen molar-refractivity contribution in [3.05, 3.63) is 100 Å². The number of esters is 1. The van der Waals surface area contributed by atoms with Crippen LogP contribution in [0.5, 0.6) is 0 Å². The Morgan fingerprint density at radius 1 is 1.02 bits per heavy atom. The first-order valence-corrected chi connectivity index (χ1v) is 13.9. The minimum atomic E-state index is -1.00. The van der Waals surface area contributed by atoms with E-state index in [-0.39, 0.29) is 17.8 Å². The number of carbonyl (C=O) groups excluding carboxylic acids is 2. The Hall–Kier alpha value is -4.57. The molecule has 218 valence electrons. The number of carbonyl (C=O) groups is 2. The monoisotopic (exact) mass is 573 g/mol. The van der Waals surface area contributed by atoms with Crippen LogP contribution in [0, 0.1) is 11.6 Å². The fraction of sp³-hybridized carbons (Fsp3) is 0.281. The summed E-state index contributed by atoms with van der Waals surface area (Å²) in [7, 11) is 1.35. The molecule has 4 aromatic rings. The first-order chi connectivity index (χ1) is 20.3. The third kappa shape index (κ3) is 5.37. The summed E-state index contributed by atoms with van der Waals surface area (Å²) in [6.45, 7) is 4.83. The molecule has 10 heteroatoms. The second kappa shape index (κ2) is 12.1. The van der Waals surface area contributed by atoms with Crippen molar-refractivity contribution in [2.45, 2.75) is 45.7 Å². The minimum absolute atomic E-state index is 0.0135. The van der Waals surface area contributed by atoms with Crippen LogP contribution in [0.1, 0.15) is 47.8 Å². The highest BCUT2D eigenvalue weighted by Gasteiger charge is 2.35. The Bertz CT molecular complexity index is 1610. The third-order valence-electron chi connectivity index (χ3n) is 7.72. The van der Waals surface area contributed by atoms with E-state index in [9.17, 15) is 9.59 Å². The van der Waals surface area contributed by atoms with E-state index in [4.69, 9.17) is 15.6 Å². The van der Waals surface area contributed by atoms with Gasteiger partial charge in [-0.05, 0) is 35.6 Å². The van der Waals surface area contributed by atoms with Gasteiger partial charge in [-0.3, -0.25) is 4.90 Å². The van der Waals surface area contributed by atoms with Crippen LogP contribution in [0.15, 0.2) is 60.7 Å². The smallest absolute Gasteiger partial charge is 0.327 e. The summed E-state index contributed by atoms with van der Waals surface area (Å²) in [6.07, 6.45) is 1.89. The standard InChI is InChI=1S/C32H33F2N5O3/c1-4-19-12-9-13-20(5-2)28(19)39-30(22-16-25(34)27(17-24(22)33)36-32(35)41)23-18-38(15-14-26(23)37-39)29(31(40)42-3)21-10-7-6-8-11-21/h6-13,16-17,29H,4-5,14-15,18H2,1-3H3,(H3,35,36,41). The average molecular weight is 574 g/mol. The van der Waals surface area contributed by atoms with Gasteiger partial charge in [0.2, 0.25) is 0 Å². The maximum absolute atomic E-state index is 15.9. The quantitative estimate of drug-likeness (QED) is 0.263. The molecule has 0 spiro atoms. The second-order valence-electron chi connectivity index (χ2n) is 10.2. The number of hydrogen-bond acceptors (Lipinski definition) is 5. The molecule has 5 rings (SSSR count). The summed E-state index contributed by atoms with van der Waals surface area (Å²) in [6, 6.07) is 15.6. The first kappa shape index (κ1) is 28.9. The van der Waals surface area contributed by atoms with Crippen molar-refractivity contribution in [3.8, 4) is 16.9 Å². The van der Waals surface area contributed by atoms with Crippen molar-refractivity contribution in [2.24, 2.45) is 5.73 Å². The number of benzene rings is 3. The zero-order valence-corrected chi connectivity index (χ0v) is 23.8. The SMILES string of the molecule is CCc1cccc(CC)c1-n1nc2c(c1-c1cc(F)c(NC(N)=O)cc1F)CN(C(C(=O)OC)c1ccccc1)CC2. The van der Waals surface area contributed by atoms with Crippen LogP contribution in [-0.2, 0) is 35.3 Å². The van der Waals surface area contributed by atoms with E-state index in [1.54, 1.807) is 4.68 Å². The molecule has 42 heavy (non-hydrogen) atoms. The number of amides is 2. The zero-order valence-electron chi connectivity index (χ0n) is 23.8. The summed E-state index contributed by atoms with van der Waals surface area (Å²) < 4.78 is 38.1. The summed E-state index contributed by atoms with van der Waals surface area (Å²) in [5.41, 5.74) is 10.2. The number of fused-ring (bicyclic) bond motifs is 1. The second-order valence-corrected chi connectivity index (χ2v) is 10.2. The van der Waals surface area contributed by atoms with Gasteiger partial charge in [0.1, 0.15) is 17.7 Å². The van der Waals surface area contributed by atoms with Gasteiger partial charge in [0, 0.05) is 36.7 Å². The lowest BCUT2D eigenvalue weighted by Crippen LogP contribution is -2.38. The highest BCUT2D eigenvalue weighted by molar-refractivity contribution is 5.88. The van der Waals surface area contributed by atoms with Gasteiger partial charge in [0.15, 0.2) is 0 Å². The summed E-state index contributed by atoms with van der Waals surface area (Å²) in [5, 5.41) is 7.12. The predicted octanol–water partition coefficient (Wildman–Crippen LogP) is 5.71. The molecule has 0 saturated carbocycles. The van der Waals surface area contributed by atoms with Crippen LogP contribution < -0.4 is 11.1 Å². The van der Waals surface area contributed by atoms with Crippen LogP contribution >= 0.6 is 0 Å². The Balaban J connectivity index is 1.73. The lowest BCUT2D eigenvalue weighted by molar-refractivity contribution is -0.147. The molecule has 1 unspecified atom stereocenters. The normalized spacial score (nSPS) is 13.8. The van der Waals surface area contributed by atoms with Crippen molar-refractivity contribution in [1.82, 2.24) is 14.7 Å². The molecule has 3 N–H and O–H groups in total. The Morgan fingerprint density at radius 2 is 1.71 bits per heavy atom. The number of methoxy groups -OCH3 is 1. The molecule has 0 fully saturated rings. The number of nitrogens with two attached hydrogens (primary N) is 1. The number of urea groups is 1. The molecule has 1 aliphatic heterocycles. The fourth-order valence-electron chi connectivity index (χ4n) is 5.74. The van der Waals surface area contributed by atoms with Gasteiger partial charge in [-0.2, -0.15) is 5.10 Å². The number of halogens is 2. The van der Waals surface area contributed by atoms with E-state index in [2.05, 4.69) is 5.32 Å². The minimum Gasteiger partial charge on any atom is -0.468 e. The number of ether oxygens (including phenoxy) is 1. The number of nitrogens with zero attached hydrogens (tertiary/aromatic N) is 3. The highest BCUT2D eigenvalue weighted by atomic mass is 19.1. The number of para-hydroxylation sites is 1. The molecule has 8 nitrogen and oxygen atoms in total. The lowest BCUT2D eigenvalue weighted by atomic mass is 9.96. The summed E-state index contributed by atoms with van der Waals surface area (Å²) >= 11 is 0. The van der Waals surface area contributed by atoms with Crippen molar-refractivity contribution in [3.63, 3.8) is 0 Å². The molecule has 3 aromatic carbocycles. The van der Waals surface area contributed by atoms with Gasteiger partial charge in [-0.25, -0.2) is 23.1 Å². The van der Waals surface area contributed by atoms with Crippen molar-refractivity contribution >= 4 is 17.7 Å². The van der Waals surface area contributed by atoms with Gasteiger partial charge in [-0.1, -0.05) is 62.4 Å². The lowest BCUT2D eigenvalue weighted by Gasteiger charge is -2.33. The van der Waals surface area contributed by atoms with E-state index in [1.165, 1.54) is 7.11 Å². The van der Waals surface area contributed by atoms with E-state index >= 15 is 8.78 Å². The molecule has 2 heterocycles. The average Bonchev–Trinajstić information content (AvgIpc) is 3.36. The van der Waals surface area contributed by atoms with Crippen LogP contribution in [0.3, 0.4) is 0 Å². The molecule has 1 aliphatic rings. The van der Waals surface area contributed by atoms with E-state index in [1.807, 2.05) is 67.3 Å². The van der Waals surface area contributed by atoms with Crippen molar-refractivity contribution in [1.29, 1.82) is 0 Å². The zero-order chi connectivity index (χ0) is 30.0. The maximum atomic E-state index is 15.9. The number of aromatic nitrogens is 2. The van der Waals surface area contributed by atoms with Crippen LogP contribution in [0.4, 0.5) is 19.3 Å². The summed E-state index contributed by atoms with van der Waals surface area (Å²) in [5.74, 6) is -2.00. The molecule has 1 atom stereocenters. The van der Waals surface area contributed by atoms with Crippen LogP contribution in [0.2, 0.25) is 0 Å². The van der Waals surface area contributed by atoms with Gasteiger partial charge in [0.25, 0.3) is 0 Å². The van der Waals surface area contributed by atoms with E-state index in [0.717, 1.165) is 40.2 Å². The maximum Gasteiger partial charge on any atom is 0.327 e. The van der Waals surface area contributed by atoms with E-state index < -0.39 is 29.7 Å². The molecular weight excluding hydrogens is 540 g/mol. The Labute approximate surface area is 243 Å². The van der Waals surface area contributed by atoms with Gasteiger partial charge >= 0.3 is 12.0 Å². The van der Waals surface area contributed by atoms with Gasteiger partial charge in [0.05, 0.1) is 29.9 Å². The number of aryl methyl sites for hydroxylation is 2. The van der Waals surface area contributed by atoms with Gasteiger partial charge in [-0.15, -0.1) is 0 Å². The Kier molecular flexibility index (Phi) is 8.35. The number of primary amides is 1. The van der Waals surface area contributed by atoms with Crippen LogP contribution in [0.25, 0.3) is 16.9 Å². The fourth-order valence-corrected chi connectivity index (χ4v) is 5.74. The molecule has 2 amide bonds. The first-order valence-electron chi connectivity index (χ1n) is 13.9. The number of nitrogens with one attached hydrogen (secondary N) is 1. The molecule has 0 bridgehead atoms. The highest BCUT2D eigenvalue weighted by Crippen LogP contribution is 2.39. The van der Waals surface area contributed by atoms with Crippen molar-refractivity contribution < 1.29 is 23.1 Å². The van der Waals surface area contributed by atoms with Crippen LogP contribution in [-0.4, -0.2) is 40.3 Å². The Morgan fingerprint density at radius 3 is 2.33 bits per heavy atom. The van der Waals surface area contributed by atoms with Crippen molar-refractivity contribution in [2.75, 3.05) is 19.0 Å².